The second kappa shape index (κ2) is 4.66. The molecule has 1 aliphatic rings. The van der Waals surface area contributed by atoms with Crippen molar-refractivity contribution < 1.29 is 14.0 Å². The van der Waals surface area contributed by atoms with Gasteiger partial charge < -0.3 is 9.16 Å². The first-order valence-corrected chi connectivity index (χ1v) is 8.43. The predicted molar refractivity (Wildman–Crippen MR) is 62.3 cm³/mol. The molecule has 0 saturated carbocycles. The maximum Gasteiger partial charge on any atom is 0.306 e. The summed E-state index contributed by atoms with van der Waals surface area (Å²) in [5.41, 5.74) is 0.0343. The summed E-state index contributed by atoms with van der Waals surface area (Å²) in [5.74, 6) is -0.0803. The number of hydrogen-bond acceptors (Lipinski definition) is 3. The highest BCUT2D eigenvalue weighted by molar-refractivity contribution is 6.48. The molecule has 0 aromatic heterocycles. The number of hydrogen-bond donors (Lipinski definition) is 0. The first kappa shape index (κ1) is 12.7. The van der Waals surface area contributed by atoms with Crippen LogP contribution in [0.15, 0.2) is 0 Å². The molecular formula is C11H22O3Si. The monoisotopic (exact) mass is 230 g/mol. The van der Waals surface area contributed by atoms with Gasteiger partial charge in [0.25, 0.3) is 0 Å². The second-order valence-electron chi connectivity index (χ2n) is 5.54. The highest BCUT2D eigenvalue weighted by Crippen LogP contribution is 2.32. The predicted octanol–water partition coefficient (Wildman–Crippen LogP) is 2.11. The molecule has 0 spiro atoms. The van der Waals surface area contributed by atoms with Crippen LogP contribution in [0.5, 0.6) is 0 Å². The SMILES string of the molecule is C[SiH](C)OC(C1CCC(=O)O1)C(C)(C)C. The Morgan fingerprint density at radius 3 is 2.40 bits per heavy atom. The fourth-order valence-electron chi connectivity index (χ4n) is 1.90. The molecule has 1 aliphatic heterocycles. The third-order valence-electron chi connectivity index (χ3n) is 2.53. The van der Waals surface area contributed by atoms with Crippen molar-refractivity contribution in [3.63, 3.8) is 0 Å². The van der Waals surface area contributed by atoms with E-state index in [2.05, 4.69) is 33.9 Å². The average Bonchev–Trinajstić information content (AvgIpc) is 2.45. The van der Waals surface area contributed by atoms with Crippen LogP contribution in [-0.2, 0) is 14.0 Å². The van der Waals surface area contributed by atoms with E-state index in [1.807, 2.05) is 0 Å². The zero-order valence-electron chi connectivity index (χ0n) is 10.4. The molecule has 0 aromatic rings. The molecule has 2 unspecified atom stereocenters. The van der Waals surface area contributed by atoms with Crippen molar-refractivity contribution in [1.29, 1.82) is 0 Å². The molecule has 0 aromatic carbocycles. The average molecular weight is 230 g/mol. The fraction of sp³-hybridized carbons (Fsp3) is 0.909. The van der Waals surface area contributed by atoms with Crippen LogP contribution in [0.3, 0.4) is 0 Å². The first-order chi connectivity index (χ1) is 6.80. The Hall–Kier alpha value is -0.353. The van der Waals surface area contributed by atoms with Gasteiger partial charge in [0.1, 0.15) is 6.10 Å². The van der Waals surface area contributed by atoms with Crippen LogP contribution in [0.1, 0.15) is 33.6 Å². The molecule has 0 aliphatic carbocycles. The fourth-order valence-corrected chi connectivity index (χ4v) is 3.07. The van der Waals surface area contributed by atoms with Gasteiger partial charge in [0.2, 0.25) is 0 Å². The van der Waals surface area contributed by atoms with Crippen molar-refractivity contribution in [1.82, 2.24) is 0 Å². The lowest BCUT2D eigenvalue weighted by Gasteiger charge is -2.35. The second-order valence-corrected chi connectivity index (χ2v) is 7.91. The molecule has 15 heavy (non-hydrogen) atoms. The minimum Gasteiger partial charge on any atom is -0.460 e. The Labute approximate surface area is 93.9 Å². The topological polar surface area (TPSA) is 35.5 Å². The Balaban J connectivity index is 2.68. The highest BCUT2D eigenvalue weighted by atomic mass is 28.3. The molecule has 2 atom stereocenters. The zero-order chi connectivity index (χ0) is 11.6. The van der Waals surface area contributed by atoms with E-state index in [0.717, 1.165) is 6.42 Å². The normalized spacial score (nSPS) is 24.4. The molecule has 0 bridgehead atoms. The molecule has 4 heteroatoms. The molecular weight excluding hydrogens is 208 g/mol. The van der Waals surface area contributed by atoms with Gasteiger partial charge in [-0.25, -0.2) is 0 Å². The van der Waals surface area contributed by atoms with Gasteiger partial charge >= 0.3 is 5.97 Å². The van der Waals surface area contributed by atoms with Crippen LogP contribution in [0, 0.1) is 5.41 Å². The van der Waals surface area contributed by atoms with E-state index < -0.39 is 9.04 Å². The van der Waals surface area contributed by atoms with Gasteiger partial charge in [-0.2, -0.15) is 0 Å². The van der Waals surface area contributed by atoms with Crippen LogP contribution in [0.2, 0.25) is 13.1 Å². The van der Waals surface area contributed by atoms with E-state index >= 15 is 0 Å². The van der Waals surface area contributed by atoms with E-state index in [0.29, 0.717) is 6.42 Å². The minimum absolute atomic E-state index is 0.0343. The molecule has 0 radical (unpaired) electrons. The third kappa shape index (κ3) is 3.61. The van der Waals surface area contributed by atoms with Gasteiger partial charge in [-0.1, -0.05) is 20.8 Å². The lowest BCUT2D eigenvalue weighted by molar-refractivity contribution is -0.147. The van der Waals surface area contributed by atoms with E-state index in [9.17, 15) is 4.79 Å². The number of rotatable bonds is 3. The molecule has 3 nitrogen and oxygen atoms in total. The maximum atomic E-state index is 11.1. The number of esters is 1. The standard InChI is InChI=1S/C11H22O3Si/c1-11(2,3)10(14-15(4)5)8-6-7-9(12)13-8/h8,10,15H,6-7H2,1-5H3. The van der Waals surface area contributed by atoms with Gasteiger partial charge in [0.15, 0.2) is 9.04 Å². The lowest BCUT2D eigenvalue weighted by Crippen LogP contribution is -2.42. The Morgan fingerprint density at radius 1 is 1.47 bits per heavy atom. The summed E-state index contributed by atoms with van der Waals surface area (Å²) < 4.78 is 11.3. The van der Waals surface area contributed by atoms with E-state index in [1.165, 1.54) is 0 Å². The lowest BCUT2D eigenvalue weighted by atomic mass is 9.85. The smallest absolute Gasteiger partial charge is 0.306 e. The highest BCUT2D eigenvalue weighted by Gasteiger charge is 2.39. The van der Waals surface area contributed by atoms with Crippen LogP contribution in [0.25, 0.3) is 0 Å². The molecule has 1 rings (SSSR count). The van der Waals surface area contributed by atoms with Crippen LogP contribution >= 0.6 is 0 Å². The van der Waals surface area contributed by atoms with E-state index in [1.54, 1.807) is 0 Å². The number of carbonyl (C=O) groups excluding carboxylic acids is 1. The van der Waals surface area contributed by atoms with Crippen molar-refractivity contribution in [3.8, 4) is 0 Å². The molecule has 1 saturated heterocycles. The summed E-state index contributed by atoms with van der Waals surface area (Å²) >= 11 is 0. The molecule has 88 valence electrons. The van der Waals surface area contributed by atoms with Crippen LogP contribution < -0.4 is 0 Å². The van der Waals surface area contributed by atoms with Gasteiger partial charge in [0, 0.05) is 6.42 Å². The van der Waals surface area contributed by atoms with Crippen LogP contribution in [0.4, 0.5) is 0 Å². The minimum atomic E-state index is -1.10. The maximum absolute atomic E-state index is 11.1. The quantitative estimate of drug-likeness (QED) is 0.550. The van der Waals surface area contributed by atoms with Crippen molar-refractivity contribution in [3.05, 3.63) is 0 Å². The summed E-state index contributed by atoms with van der Waals surface area (Å²) in [5, 5.41) is 0. The summed E-state index contributed by atoms with van der Waals surface area (Å²) in [4.78, 5) is 11.1. The Kier molecular flexibility index (Phi) is 3.95. The van der Waals surface area contributed by atoms with E-state index in [-0.39, 0.29) is 23.6 Å². The number of ether oxygens (including phenoxy) is 1. The first-order valence-electron chi connectivity index (χ1n) is 5.65. The van der Waals surface area contributed by atoms with E-state index in [4.69, 9.17) is 9.16 Å². The van der Waals surface area contributed by atoms with Crippen LogP contribution in [-0.4, -0.2) is 27.2 Å². The van der Waals surface area contributed by atoms with Crippen molar-refractivity contribution >= 4 is 15.0 Å². The molecule has 0 N–H and O–H groups in total. The summed E-state index contributed by atoms with van der Waals surface area (Å²) in [6.45, 7) is 10.7. The van der Waals surface area contributed by atoms with Crippen molar-refractivity contribution in [2.45, 2.75) is 58.9 Å². The molecule has 1 fully saturated rings. The van der Waals surface area contributed by atoms with Gasteiger partial charge in [-0.15, -0.1) is 0 Å². The molecule has 0 amide bonds. The van der Waals surface area contributed by atoms with Crippen molar-refractivity contribution in [2.75, 3.05) is 0 Å². The third-order valence-corrected chi connectivity index (χ3v) is 3.36. The van der Waals surface area contributed by atoms with Gasteiger partial charge in [0.05, 0.1) is 6.10 Å². The van der Waals surface area contributed by atoms with Crippen molar-refractivity contribution in [2.24, 2.45) is 5.41 Å². The number of cyclic esters (lactones) is 1. The zero-order valence-corrected chi connectivity index (χ0v) is 11.5. The Morgan fingerprint density at radius 2 is 2.07 bits per heavy atom. The van der Waals surface area contributed by atoms with Gasteiger partial charge in [-0.3, -0.25) is 4.79 Å². The largest absolute Gasteiger partial charge is 0.460 e. The summed E-state index contributed by atoms with van der Waals surface area (Å²) in [6, 6.07) is 0. The van der Waals surface area contributed by atoms with Gasteiger partial charge in [-0.05, 0) is 24.9 Å². The summed E-state index contributed by atoms with van der Waals surface area (Å²) in [7, 11) is -1.10. The Bertz CT molecular complexity index is 232. The molecule has 1 heterocycles. The number of carbonyl (C=O) groups is 1. The summed E-state index contributed by atoms with van der Waals surface area (Å²) in [6.07, 6.45) is 1.37.